The van der Waals surface area contributed by atoms with Gasteiger partial charge in [-0.05, 0) is 49.6 Å². The number of para-hydroxylation sites is 1. The van der Waals surface area contributed by atoms with Crippen LogP contribution in [0, 0.1) is 0 Å². The summed E-state index contributed by atoms with van der Waals surface area (Å²) in [5, 5.41) is 9.81. The molecule has 2 atom stereocenters. The summed E-state index contributed by atoms with van der Waals surface area (Å²) in [6.07, 6.45) is -3.50. The Kier molecular flexibility index (Phi) is 6.39. The Labute approximate surface area is 171 Å². The number of carboxylic acid groups (broad SMARTS) is 1. The van der Waals surface area contributed by atoms with Crippen LogP contribution in [0.5, 0.6) is 5.75 Å². The topological polar surface area (TPSA) is 49.8 Å². The Morgan fingerprint density at radius 3 is 2.66 bits per heavy atom. The number of halogens is 4. The summed E-state index contributed by atoms with van der Waals surface area (Å²) in [5.74, 6) is -0.519. The first-order valence-corrected chi connectivity index (χ1v) is 9.68. The first kappa shape index (κ1) is 21.5. The van der Waals surface area contributed by atoms with E-state index in [-0.39, 0.29) is 10.6 Å². The van der Waals surface area contributed by atoms with E-state index in [0.29, 0.717) is 37.3 Å². The van der Waals surface area contributed by atoms with Gasteiger partial charge in [-0.15, -0.1) is 0 Å². The summed E-state index contributed by atoms with van der Waals surface area (Å²) in [6, 6.07) is 8.51. The van der Waals surface area contributed by atoms with Gasteiger partial charge in [0.2, 0.25) is 0 Å². The normalized spacial score (nSPS) is 18.6. The van der Waals surface area contributed by atoms with E-state index < -0.39 is 29.8 Å². The maximum atomic E-state index is 13.4. The number of hydrogen-bond acceptors (Lipinski definition) is 3. The van der Waals surface area contributed by atoms with Gasteiger partial charge in [-0.25, -0.2) is 0 Å². The molecule has 2 aromatic carbocycles. The molecular weight excluding hydrogens is 407 g/mol. The van der Waals surface area contributed by atoms with Crippen molar-refractivity contribution < 1.29 is 27.8 Å². The van der Waals surface area contributed by atoms with E-state index >= 15 is 0 Å². The zero-order valence-corrected chi connectivity index (χ0v) is 16.5. The van der Waals surface area contributed by atoms with Crippen LogP contribution in [-0.2, 0) is 11.0 Å². The summed E-state index contributed by atoms with van der Waals surface area (Å²) >= 11 is 6.34. The molecule has 0 spiro atoms. The van der Waals surface area contributed by atoms with E-state index in [0.717, 1.165) is 12.1 Å². The highest BCUT2D eigenvalue weighted by Gasteiger charge is 2.40. The van der Waals surface area contributed by atoms with Crippen molar-refractivity contribution in [1.82, 2.24) is 4.90 Å². The van der Waals surface area contributed by atoms with E-state index in [1.807, 2.05) is 0 Å². The number of hydrogen-bond donors (Lipinski definition) is 1. The van der Waals surface area contributed by atoms with Gasteiger partial charge in [0.25, 0.3) is 0 Å². The number of carbonyl (C=O) groups is 1. The quantitative estimate of drug-likeness (QED) is 0.671. The molecule has 1 N–H and O–H groups in total. The summed E-state index contributed by atoms with van der Waals surface area (Å²) in [7, 11) is 0. The maximum absolute atomic E-state index is 13.4. The second-order valence-corrected chi connectivity index (χ2v) is 7.25. The predicted molar refractivity (Wildman–Crippen MR) is 103 cm³/mol. The van der Waals surface area contributed by atoms with Crippen LogP contribution >= 0.6 is 11.6 Å². The lowest BCUT2D eigenvalue weighted by atomic mass is 9.94. The van der Waals surface area contributed by atoms with Gasteiger partial charge >= 0.3 is 12.1 Å². The SMILES string of the molecule is CCOc1ccccc1C(c1cc(C(F)(F)F)ccc1Cl)N1CCCC1C(=O)O. The van der Waals surface area contributed by atoms with Crippen LogP contribution in [0.15, 0.2) is 42.5 Å². The fourth-order valence-electron chi connectivity index (χ4n) is 3.81. The van der Waals surface area contributed by atoms with E-state index in [2.05, 4.69) is 0 Å². The Balaban J connectivity index is 2.21. The molecule has 0 amide bonds. The smallest absolute Gasteiger partial charge is 0.416 e. The Hall–Kier alpha value is -2.25. The molecule has 0 radical (unpaired) electrons. The molecular formula is C21H21ClF3NO3. The van der Waals surface area contributed by atoms with Crippen LogP contribution in [0.25, 0.3) is 0 Å². The number of nitrogens with zero attached hydrogens (tertiary/aromatic N) is 1. The Morgan fingerprint density at radius 2 is 2.00 bits per heavy atom. The van der Waals surface area contributed by atoms with Crippen molar-refractivity contribution >= 4 is 17.6 Å². The van der Waals surface area contributed by atoms with Gasteiger partial charge in [0, 0.05) is 17.1 Å². The van der Waals surface area contributed by atoms with Crippen molar-refractivity contribution in [2.75, 3.05) is 13.2 Å². The third-order valence-corrected chi connectivity index (χ3v) is 5.39. The van der Waals surface area contributed by atoms with Crippen LogP contribution in [-0.4, -0.2) is 35.2 Å². The average molecular weight is 428 g/mol. The zero-order valence-electron chi connectivity index (χ0n) is 15.7. The number of carboxylic acids is 1. The molecule has 1 aliphatic rings. The lowest BCUT2D eigenvalue weighted by molar-refractivity contribution is -0.143. The molecule has 0 aromatic heterocycles. The van der Waals surface area contributed by atoms with Crippen LogP contribution in [0.1, 0.15) is 42.5 Å². The molecule has 156 valence electrons. The highest BCUT2D eigenvalue weighted by molar-refractivity contribution is 6.31. The van der Waals surface area contributed by atoms with E-state index in [1.165, 1.54) is 6.07 Å². The van der Waals surface area contributed by atoms with Crippen LogP contribution in [0.4, 0.5) is 13.2 Å². The van der Waals surface area contributed by atoms with Crippen molar-refractivity contribution in [3.8, 4) is 5.75 Å². The zero-order chi connectivity index (χ0) is 21.2. The van der Waals surface area contributed by atoms with Crippen molar-refractivity contribution in [2.45, 2.75) is 38.0 Å². The lowest BCUT2D eigenvalue weighted by Crippen LogP contribution is -2.39. The van der Waals surface area contributed by atoms with Gasteiger partial charge in [-0.2, -0.15) is 13.2 Å². The molecule has 1 heterocycles. The van der Waals surface area contributed by atoms with E-state index in [1.54, 1.807) is 36.1 Å². The molecule has 1 fully saturated rings. The minimum absolute atomic E-state index is 0.144. The van der Waals surface area contributed by atoms with Gasteiger partial charge in [0.15, 0.2) is 0 Å². The maximum Gasteiger partial charge on any atom is 0.416 e. The highest BCUT2D eigenvalue weighted by Crippen LogP contribution is 2.43. The lowest BCUT2D eigenvalue weighted by Gasteiger charge is -2.33. The standard InChI is InChI=1S/C21H21ClF3NO3/c1-2-29-18-8-4-3-6-14(18)19(26-11-5-7-17(26)20(27)28)15-12-13(21(23,24)25)9-10-16(15)22/h3-4,6,8-10,12,17,19H,2,5,7,11H2,1H3,(H,27,28). The average Bonchev–Trinajstić information content (AvgIpc) is 3.14. The van der Waals surface area contributed by atoms with Crippen LogP contribution < -0.4 is 4.74 Å². The fraction of sp³-hybridized carbons (Fsp3) is 0.381. The molecule has 4 nitrogen and oxygen atoms in total. The molecule has 0 bridgehead atoms. The number of likely N-dealkylation sites (tertiary alicyclic amines) is 1. The number of ether oxygens (including phenoxy) is 1. The minimum Gasteiger partial charge on any atom is -0.494 e. The third kappa shape index (κ3) is 4.51. The van der Waals surface area contributed by atoms with Crippen LogP contribution in [0.2, 0.25) is 5.02 Å². The monoisotopic (exact) mass is 427 g/mol. The number of aliphatic carboxylic acids is 1. The Morgan fingerprint density at radius 1 is 1.28 bits per heavy atom. The molecule has 2 unspecified atom stereocenters. The van der Waals surface area contributed by atoms with Crippen LogP contribution in [0.3, 0.4) is 0 Å². The molecule has 0 saturated carbocycles. The molecule has 3 rings (SSSR count). The third-order valence-electron chi connectivity index (χ3n) is 5.04. The van der Waals surface area contributed by atoms with Gasteiger partial charge in [-0.3, -0.25) is 9.69 Å². The second kappa shape index (κ2) is 8.63. The first-order valence-electron chi connectivity index (χ1n) is 9.31. The van der Waals surface area contributed by atoms with E-state index in [9.17, 15) is 23.1 Å². The number of benzene rings is 2. The summed E-state index contributed by atoms with van der Waals surface area (Å²) < 4.78 is 45.8. The van der Waals surface area contributed by atoms with Gasteiger partial charge in [0.1, 0.15) is 11.8 Å². The fourth-order valence-corrected chi connectivity index (χ4v) is 4.03. The van der Waals surface area contributed by atoms with Crippen molar-refractivity contribution in [2.24, 2.45) is 0 Å². The van der Waals surface area contributed by atoms with Crippen molar-refractivity contribution in [3.05, 3.63) is 64.2 Å². The Bertz CT molecular complexity index is 888. The largest absolute Gasteiger partial charge is 0.494 e. The number of rotatable bonds is 6. The summed E-state index contributed by atoms with van der Waals surface area (Å²) in [4.78, 5) is 13.5. The predicted octanol–water partition coefficient (Wildman–Crippen LogP) is 5.40. The van der Waals surface area contributed by atoms with E-state index in [4.69, 9.17) is 16.3 Å². The number of alkyl halides is 3. The highest BCUT2D eigenvalue weighted by atomic mass is 35.5. The summed E-state index contributed by atoms with van der Waals surface area (Å²) in [5.41, 5.74) is -0.0348. The molecule has 29 heavy (non-hydrogen) atoms. The van der Waals surface area contributed by atoms with Crippen molar-refractivity contribution in [3.63, 3.8) is 0 Å². The second-order valence-electron chi connectivity index (χ2n) is 6.84. The van der Waals surface area contributed by atoms with Crippen molar-refractivity contribution in [1.29, 1.82) is 0 Å². The minimum atomic E-state index is -4.54. The summed E-state index contributed by atoms with van der Waals surface area (Å²) in [6.45, 7) is 2.59. The van der Waals surface area contributed by atoms with Gasteiger partial charge < -0.3 is 9.84 Å². The molecule has 1 aliphatic heterocycles. The molecule has 1 saturated heterocycles. The molecule has 8 heteroatoms. The van der Waals surface area contributed by atoms with Gasteiger partial charge in [0.05, 0.1) is 18.2 Å². The molecule has 2 aromatic rings. The first-order chi connectivity index (χ1) is 13.7. The van der Waals surface area contributed by atoms with Gasteiger partial charge in [-0.1, -0.05) is 29.8 Å². The molecule has 0 aliphatic carbocycles.